The third-order valence-electron chi connectivity index (χ3n) is 3.28. The molecule has 0 aliphatic rings. The maximum Gasteiger partial charge on any atom is 0.337 e. The van der Waals surface area contributed by atoms with E-state index in [1.807, 2.05) is 42.3 Å². The molecule has 0 saturated heterocycles. The maximum absolute atomic E-state index is 11.1. The summed E-state index contributed by atoms with van der Waals surface area (Å²) in [6.45, 7) is 0.602. The van der Waals surface area contributed by atoms with E-state index in [1.54, 1.807) is 13.2 Å². The fourth-order valence-corrected chi connectivity index (χ4v) is 2.20. The summed E-state index contributed by atoms with van der Waals surface area (Å²) in [4.78, 5) is 13.0. The van der Waals surface area contributed by atoms with Gasteiger partial charge in [-0.2, -0.15) is 0 Å². The molecule has 2 rings (SSSR count). The Balaban J connectivity index is 2.26. The average molecular weight is 286 g/mol. The van der Waals surface area contributed by atoms with Crippen LogP contribution in [0.15, 0.2) is 42.5 Å². The molecule has 0 radical (unpaired) electrons. The number of carboxylic acids is 1. The molecule has 0 spiro atoms. The van der Waals surface area contributed by atoms with Gasteiger partial charge in [-0.25, -0.2) is 4.79 Å². The van der Waals surface area contributed by atoms with Crippen LogP contribution in [-0.2, 0) is 6.54 Å². The second kappa shape index (κ2) is 6.17. The van der Waals surface area contributed by atoms with Gasteiger partial charge in [0.2, 0.25) is 0 Å². The van der Waals surface area contributed by atoms with Crippen LogP contribution in [0.1, 0.15) is 15.9 Å². The molecule has 2 aromatic rings. The third-order valence-corrected chi connectivity index (χ3v) is 3.28. The molecule has 3 N–H and O–H groups in total. The van der Waals surface area contributed by atoms with E-state index in [2.05, 4.69) is 0 Å². The first-order valence-corrected chi connectivity index (χ1v) is 6.48. The second-order valence-electron chi connectivity index (χ2n) is 4.75. The van der Waals surface area contributed by atoms with E-state index in [-0.39, 0.29) is 11.3 Å². The molecular formula is C16H18N2O3. The van der Waals surface area contributed by atoms with Crippen molar-refractivity contribution in [2.24, 2.45) is 0 Å². The highest BCUT2D eigenvalue weighted by atomic mass is 16.5. The van der Waals surface area contributed by atoms with Crippen LogP contribution in [0.4, 0.5) is 11.4 Å². The van der Waals surface area contributed by atoms with Crippen molar-refractivity contribution in [1.29, 1.82) is 0 Å². The molecule has 0 heterocycles. The minimum Gasteiger partial charge on any atom is -0.497 e. The second-order valence-corrected chi connectivity index (χ2v) is 4.75. The lowest BCUT2D eigenvalue weighted by Gasteiger charge is -2.22. The molecule has 5 heteroatoms. The van der Waals surface area contributed by atoms with Gasteiger partial charge in [-0.3, -0.25) is 0 Å². The van der Waals surface area contributed by atoms with Gasteiger partial charge >= 0.3 is 5.97 Å². The maximum atomic E-state index is 11.1. The Kier molecular flexibility index (Phi) is 4.33. The topological polar surface area (TPSA) is 75.8 Å². The number of hydrogen-bond donors (Lipinski definition) is 2. The summed E-state index contributed by atoms with van der Waals surface area (Å²) in [6.07, 6.45) is 0. The van der Waals surface area contributed by atoms with Crippen LogP contribution in [0, 0.1) is 0 Å². The van der Waals surface area contributed by atoms with E-state index in [1.165, 1.54) is 6.07 Å². The smallest absolute Gasteiger partial charge is 0.337 e. The highest BCUT2D eigenvalue weighted by molar-refractivity contribution is 5.97. The molecule has 0 amide bonds. The number of nitrogens with two attached hydrogens (primary N) is 1. The third kappa shape index (κ3) is 3.25. The fraction of sp³-hybridized carbons (Fsp3) is 0.188. The van der Waals surface area contributed by atoms with Crippen LogP contribution in [-0.4, -0.2) is 25.2 Å². The van der Waals surface area contributed by atoms with Crippen LogP contribution in [0.5, 0.6) is 5.75 Å². The summed E-state index contributed by atoms with van der Waals surface area (Å²) in [6, 6.07) is 12.7. The number of para-hydroxylation sites is 1. The van der Waals surface area contributed by atoms with Gasteiger partial charge < -0.3 is 20.5 Å². The summed E-state index contributed by atoms with van der Waals surface area (Å²) >= 11 is 0. The van der Waals surface area contributed by atoms with E-state index < -0.39 is 5.97 Å². The number of hydrogen-bond acceptors (Lipinski definition) is 4. The molecule has 0 aromatic heterocycles. The van der Waals surface area contributed by atoms with Crippen molar-refractivity contribution in [2.75, 3.05) is 24.8 Å². The Morgan fingerprint density at radius 1 is 1.29 bits per heavy atom. The van der Waals surface area contributed by atoms with Gasteiger partial charge in [0, 0.05) is 13.6 Å². The quantitative estimate of drug-likeness (QED) is 0.826. The van der Waals surface area contributed by atoms with Gasteiger partial charge in [-0.1, -0.05) is 18.2 Å². The van der Waals surface area contributed by atoms with E-state index >= 15 is 0 Å². The molecule has 0 fully saturated rings. The summed E-state index contributed by atoms with van der Waals surface area (Å²) in [5.74, 6) is -0.239. The Bertz CT molecular complexity index is 656. The van der Waals surface area contributed by atoms with Crippen LogP contribution in [0.3, 0.4) is 0 Å². The van der Waals surface area contributed by atoms with Gasteiger partial charge in [-0.05, 0) is 29.8 Å². The lowest BCUT2D eigenvalue weighted by Crippen LogP contribution is -2.19. The molecule has 0 aliphatic carbocycles. The average Bonchev–Trinajstić information content (AvgIpc) is 2.47. The monoisotopic (exact) mass is 286 g/mol. The van der Waals surface area contributed by atoms with Gasteiger partial charge in [-0.15, -0.1) is 0 Å². The normalized spacial score (nSPS) is 10.2. The first-order valence-electron chi connectivity index (χ1n) is 6.48. The number of carbonyl (C=O) groups is 1. The highest BCUT2D eigenvalue weighted by Gasteiger charge is 2.14. The van der Waals surface area contributed by atoms with Crippen molar-refractivity contribution in [3.8, 4) is 5.75 Å². The minimum absolute atomic E-state index is 0.116. The zero-order valence-corrected chi connectivity index (χ0v) is 12.0. The molecule has 0 bridgehead atoms. The SMILES string of the molecule is COc1cccc(CN(C)c2cccc(C(=O)O)c2N)c1. The lowest BCUT2D eigenvalue weighted by molar-refractivity contribution is 0.0698. The number of anilines is 2. The predicted molar refractivity (Wildman–Crippen MR) is 82.9 cm³/mol. The van der Waals surface area contributed by atoms with Crippen LogP contribution in [0.25, 0.3) is 0 Å². The van der Waals surface area contributed by atoms with Gasteiger partial charge in [0.05, 0.1) is 24.0 Å². The minimum atomic E-state index is -1.02. The number of carboxylic acid groups (broad SMARTS) is 1. The number of ether oxygens (including phenoxy) is 1. The zero-order valence-electron chi connectivity index (χ0n) is 12.0. The van der Waals surface area contributed by atoms with Crippen LogP contribution in [0.2, 0.25) is 0 Å². The Morgan fingerprint density at radius 2 is 2.00 bits per heavy atom. The molecule has 0 atom stereocenters. The van der Waals surface area contributed by atoms with E-state index in [9.17, 15) is 4.79 Å². The number of aromatic carboxylic acids is 1. The van der Waals surface area contributed by atoms with Crippen molar-refractivity contribution < 1.29 is 14.6 Å². The summed E-state index contributed by atoms with van der Waals surface area (Å²) < 4.78 is 5.20. The molecule has 0 saturated carbocycles. The highest BCUT2D eigenvalue weighted by Crippen LogP contribution is 2.27. The van der Waals surface area contributed by atoms with Crippen molar-refractivity contribution in [1.82, 2.24) is 0 Å². The van der Waals surface area contributed by atoms with Crippen molar-refractivity contribution in [2.45, 2.75) is 6.54 Å². The van der Waals surface area contributed by atoms with Crippen molar-refractivity contribution in [3.63, 3.8) is 0 Å². The standard InChI is InChI=1S/C16H18N2O3/c1-18(10-11-5-3-6-12(9-11)21-2)14-8-4-7-13(15(14)17)16(19)20/h3-9H,10,17H2,1-2H3,(H,19,20). The molecule has 110 valence electrons. The van der Waals surface area contributed by atoms with Crippen LogP contribution >= 0.6 is 0 Å². The molecule has 21 heavy (non-hydrogen) atoms. The molecule has 5 nitrogen and oxygen atoms in total. The molecule has 0 aliphatic heterocycles. The Hall–Kier alpha value is -2.69. The number of benzene rings is 2. The van der Waals surface area contributed by atoms with Gasteiger partial charge in [0.25, 0.3) is 0 Å². The predicted octanol–water partition coefficient (Wildman–Crippen LogP) is 2.61. The van der Waals surface area contributed by atoms with E-state index in [0.29, 0.717) is 12.2 Å². The van der Waals surface area contributed by atoms with Crippen molar-refractivity contribution in [3.05, 3.63) is 53.6 Å². The summed E-state index contributed by atoms with van der Waals surface area (Å²) in [7, 11) is 3.49. The van der Waals surface area contributed by atoms with Crippen molar-refractivity contribution >= 4 is 17.3 Å². The van der Waals surface area contributed by atoms with E-state index in [4.69, 9.17) is 15.6 Å². The van der Waals surface area contributed by atoms with Gasteiger partial charge in [0.1, 0.15) is 5.75 Å². The largest absolute Gasteiger partial charge is 0.497 e. The van der Waals surface area contributed by atoms with Crippen LogP contribution < -0.4 is 15.4 Å². The first-order chi connectivity index (χ1) is 10.0. The molecule has 0 unspecified atom stereocenters. The van der Waals surface area contributed by atoms with Gasteiger partial charge in [0.15, 0.2) is 0 Å². The fourth-order valence-electron chi connectivity index (χ4n) is 2.20. The number of nitrogens with zero attached hydrogens (tertiary/aromatic N) is 1. The Labute approximate surface area is 123 Å². The number of methoxy groups -OCH3 is 1. The molecule has 2 aromatic carbocycles. The van der Waals surface area contributed by atoms with E-state index in [0.717, 1.165) is 11.3 Å². The number of rotatable bonds is 5. The Morgan fingerprint density at radius 3 is 2.67 bits per heavy atom. The zero-order chi connectivity index (χ0) is 15.4. The molecular weight excluding hydrogens is 268 g/mol. The number of nitrogen functional groups attached to an aromatic ring is 1. The summed E-state index contributed by atoms with van der Waals surface area (Å²) in [5.41, 5.74) is 8.08. The summed E-state index contributed by atoms with van der Waals surface area (Å²) in [5, 5.41) is 9.11. The first kappa shape index (κ1) is 14.7. The lowest BCUT2D eigenvalue weighted by atomic mass is 10.1.